The van der Waals surface area contributed by atoms with Gasteiger partial charge in [0.2, 0.25) is 0 Å². The number of amides is 1. The first-order valence-electron chi connectivity index (χ1n) is 18.7. The van der Waals surface area contributed by atoms with Gasteiger partial charge in [-0.3, -0.25) is 9.88 Å². The SMILES string of the molecule is CC(C)(C)OC(=O)N1CCN([C@H]2c3ccc(Cl)cc3C(C(O)c3cn(C(c4ccccc4)(c4ccccc4)c4ccccc4)cn3)=Cc3cccnc32)CC1. The largest absolute Gasteiger partial charge is 0.444 e. The topological polar surface area (TPSA) is 83.7 Å². The van der Waals surface area contributed by atoms with Gasteiger partial charge >= 0.3 is 6.09 Å². The fourth-order valence-corrected chi connectivity index (χ4v) is 8.25. The van der Waals surface area contributed by atoms with Crippen molar-refractivity contribution < 1.29 is 14.6 Å². The third kappa shape index (κ3) is 6.98. The molecule has 8 rings (SSSR count). The molecule has 8 nitrogen and oxygen atoms in total. The molecule has 2 atom stereocenters. The summed E-state index contributed by atoms with van der Waals surface area (Å²) in [5, 5.41) is 13.1. The maximum absolute atomic E-state index is 13.0. The van der Waals surface area contributed by atoms with Crippen LogP contribution in [0.1, 0.15) is 77.7 Å². The van der Waals surface area contributed by atoms with E-state index in [1.165, 1.54) is 0 Å². The molecule has 1 saturated heterocycles. The summed E-state index contributed by atoms with van der Waals surface area (Å²) < 4.78 is 7.80. The number of carbonyl (C=O) groups is 1. The Bertz CT molecular complexity index is 2220. The summed E-state index contributed by atoms with van der Waals surface area (Å²) in [7, 11) is 0. The molecule has 1 fully saturated rings. The molecule has 6 aromatic rings. The van der Waals surface area contributed by atoms with Crippen molar-refractivity contribution in [2.24, 2.45) is 0 Å². The normalized spacial score (nSPS) is 16.7. The summed E-state index contributed by atoms with van der Waals surface area (Å²) in [6.45, 7) is 7.91. The quantitative estimate of drug-likeness (QED) is 0.164. The fraction of sp³-hybridized carbons (Fsp3) is 0.239. The monoisotopic (exact) mass is 749 g/mol. The number of fused-ring (bicyclic) bond motifs is 2. The fourth-order valence-electron chi connectivity index (χ4n) is 8.08. The molecule has 1 unspecified atom stereocenters. The molecule has 0 bridgehead atoms. The number of aromatic nitrogens is 3. The van der Waals surface area contributed by atoms with Gasteiger partial charge in [0, 0.05) is 43.6 Å². The van der Waals surface area contributed by atoms with Crippen molar-refractivity contribution in [1.82, 2.24) is 24.3 Å². The summed E-state index contributed by atoms with van der Waals surface area (Å²) in [6.07, 6.45) is 6.22. The van der Waals surface area contributed by atoms with Crippen LogP contribution in [-0.4, -0.2) is 67.3 Å². The van der Waals surface area contributed by atoms with E-state index in [4.69, 9.17) is 26.3 Å². The number of imidazole rings is 1. The summed E-state index contributed by atoms with van der Waals surface area (Å²) in [6, 6.07) is 40.8. The van der Waals surface area contributed by atoms with Crippen LogP contribution in [0.3, 0.4) is 0 Å². The van der Waals surface area contributed by atoms with Gasteiger partial charge < -0.3 is 19.3 Å². The molecule has 1 aliphatic carbocycles. The molecule has 4 aromatic carbocycles. The lowest BCUT2D eigenvalue weighted by Gasteiger charge is -2.40. The average molecular weight is 750 g/mol. The number of ether oxygens (including phenoxy) is 1. The lowest BCUT2D eigenvalue weighted by atomic mass is 9.76. The summed E-state index contributed by atoms with van der Waals surface area (Å²) in [4.78, 5) is 27.0. The maximum Gasteiger partial charge on any atom is 0.410 e. The molecule has 55 heavy (non-hydrogen) atoms. The van der Waals surface area contributed by atoms with Crippen LogP contribution < -0.4 is 0 Å². The third-order valence-electron chi connectivity index (χ3n) is 10.5. The molecular formula is C46H44ClN5O3. The van der Waals surface area contributed by atoms with Gasteiger partial charge in [0.15, 0.2) is 0 Å². The van der Waals surface area contributed by atoms with Gasteiger partial charge in [-0.05, 0) is 84.0 Å². The van der Waals surface area contributed by atoms with Crippen molar-refractivity contribution in [3.8, 4) is 0 Å². The summed E-state index contributed by atoms with van der Waals surface area (Å²) in [5.74, 6) is 0. The second-order valence-corrected chi connectivity index (χ2v) is 15.6. The lowest BCUT2D eigenvalue weighted by Crippen LogP contribution is -2.51. The molecule has 9 heteroatoms. The van der Waals surface area contributed by atoms with E-state index in [-0.39, 0.29) is 12.1 Å². The zero-order chi connectivity index (χ0) is 38.2. The van der Waals surface area contributed by atoms with Crippen LogP contribution in [0.15, 0.2) is 140 Å². The number of rotatable bonds is 7. The van der Waals surface area contributed by atoms with Crippen LogP contribution in [0.2, 0.25) is 5.02 Å². The second kappa shape index (κ2) is 14.9. The summed E-state index contributed by atoms with van der Waals surface area (Å²) >= 11 is 6.75. The predicted octanol–water partition coefficient (Wildman–Crippen LogP) is 9.00. The van der Waals surface area contributed by atoms with Crippen molar-refractivity contribution in [3.05, 3.63) is 190 Å². The van der Waals surface area contributed by atoms with Crippen molar-refractivity contribution in [2.75, 3.05) is 26.2 Å². The Kier molecular flexibility index (Phi) is 9.90. The molecule has 1 aliphatic heterocycles. The molecule has 3 heterocycles. The maximum atomic E-state index is 13.0. The third-order valence-corrected chi connectivity index (χ3v) is 10.8. The number of pyridine rings is 1. The minimum Gasteiger partial charge on any atom is -0.444 e. The molecule has 2 aliphatic rings. The Labute approximate surface area is 327 Å². The van der Waals surface area contributed by atoms with Crippen LogP contribution in [0.5, 0.6) is 0 Å². The van der Waals surface area contributed by atoms with Crippen LogP contribution in [0, 0.1) is 0 Å². The summed E-state index contributed by atoms with van der Waals surface area (Å²) in [5.41, 5.74) is 6.59. The molecular weight excluding hydrogens is 706 g/mol. The highest BCUT2D eigenvalue weighted by Gasteiger charge is 2.40. The van der Waals surface area contributed by atoms with Crippen LogP contribution in [0.4, 0.5) is 4.79 Å². The zero-order valence-electron chi connectivity index (χ0n) is 31.2. The van der Waals surface area contributed by atoms with E-state index in [1.807, 2.05) is 94.1 Å². The van der Waals surface area contributed by atoms with Crippen molar-refractivity contribution in [2.45, 2.75) is 44.1 Å². The van der Waals surface area contributed by atoms with Crippen molar-refractivity contribution in [3.63, 3.8) is 0 Å². The van der Waals surface area contributed by atoms with Gasteiger partial charge in [-0.1, -0.05) is 115 Å². The van der Waals surface area contributed by atoms with E-state index in [9.17, 15) is 9.90 Å². The zero-order valence-corrected chi connectivity index (χ0v) is 32.0. The molecule has 1 amide bonds. The predicted molar refractivity (Wildman–Crippen MR) is 217 cm³/mol. The number of benzene rings is 4. The Morgan fingerprint density at radius 1 is 0.800 bits per heavy atom. The van der Waals surface area contributed by atoms with Crippen molar-refractivity contribution >= 4 is 29.3 Å². The smallest absolute Gasteiger partial charge is 0.410 e. The first-order chi connectivity index (χ1) is 26.6. The number of hydrogen-bond donors (Lipinski definition) is 1. The molecule has 0 radical (unpaired) electrons. The van der Waals surface area contributed by atoms with Gasteiger partial charge in [0.05, 0.1) is 23.8 Å². The number of hydrogen-bond acceptors (Lipinski definition) is 6. The molecule has 0 saturated carbocycles. The molecule has 1 N–H and O–H groups in total. The van der Waals surface area contributed by atoms with E-state index in [0.29, 0.717) is 42.5 Å². The van der Waals surface area contributed by atoms with E-state index in [2.05, 4.69) is 82.3 Å². The first kappa shape index (κ1) is 36.4. The van der Waals surface area contributed by atoms with Gasteiger partial charge in [0.1, 0.15) is 17.2 Å². The molecule has 2 aromatic heterocycles. The van der Waals surface area contributed by atoms with Crippen molar-refractivity contribution in [1.29, 1.82) is 0 Å². The number of aliphatic hydroxyl groups is 1. The van der Waals surface area contributed by atoms with Crippen LogP contribution in [-0.2, 0) is 10.3 Å². The molecule has 0 spiro atoms. The Balaban J connectivity index is 1.21. The number of nitrogens with zero attached hydrogens (tertiary/aromatic N) is 5. The minimum atomic E-state index is -1.10. The van der Waals surface area contributed by atoms with Gasteiger partial charge in [-0.15, -0.1) is 0 Å². The Hall–Kier alpha value is -5.54. The number of halogens is 1. The average Bonchev–Trinajstić information content (AvgIpc) is 3.64. The van der Waals surface area contributed by atoms with Crippen LogP contribution >= 0.6 is 11.6 Å². The highest BCUT2D eigenvalue weighted by atomic mass is 35.5. The highest BCUT2D eigenvalue weighted by Crippen LogP contribution is 2.46. The van der Waals surface area contributed by atoms with E-state index < -0.39 is 17.2 Å². The lowest BCUT2D eigenvalue weighted by molar-refractivity contribution is 0.0118. The van der Waals surface area contributed by atoms with Crippen LogP contribution in [0.25, 0.3) is 11.6 Å². The van der Waals surface area contributed by atoms with Gasteiger partial charge in [0.25, 0.3) is 0 Å². The minimum absolute atomic E-state index is 0.246. The Morgan fingerprint density at radius 2 is 1.40 bits per heavy atom. The number of aliphatic hydroxyl groups excluding tert-OH is 1. The van der Waals surface area contributed by atoms with E-state index in [0.717, 1.165) is 39.1 Å². The van der Waals surface area contributed by atoms with E-state index >= 15 is 0 Å². The first-order valence-corrected chi connectivity index (χ1v) is 19.1. The number of carbonyl (C=O) groups excluding carboxylic acids is 1. The second-order valence-electron chi connectivity index (χ2n) is 15.1. The standard InChI is InChI=1S/C46H44ClN5O3/c1-45(2,3)55-44(54)51-26-24-50(25-27-51)42-37-22-21-36(47)29-38(37)39(28-32-14-13-23-48-41(32)42)43(53)40-30-52(31-49-40)46(33-15-7-4-8-16-33,34-17-9-5-10-18-34)35-19-11-6-12-20-35/h4-23,28-31,42-43,53H,24-27H2,1-3H3/t42-,43?/m0/s1. The highest BCUT2D eigenvalue weighted by molar-refractivity contribution is 6.30. The molecule has 278 valence electrons. The van der Waals surface area contributed by atoms with E-state index in [1.54, 1.807) is 4.90 Å². The Morgan fingerprint density at radius 3 is 1.98 bits per heavy atom. The van der Waals surface area contributed by atoms with Gasteiger partial charge in [-0.25, -0.2) is 9.78 Å². The number of piperazine rings is 1. The van der Waals surface area contributed by atoms with Gasteiger partial charge in [-0.2, -0.15) is 0 Å².